The second-order valence-corrected chi connectivity index (χ2v) is 3.86. The number of anilines is 2. The molecule has 0 atom stereocenters. The Morgan fingerprint density at radius 1 is 1.25 bits per heavy atom. The molecule has 0 aliphatic rings. The third-order valence-electron chi connectivity index (χ3n) is 2.63. The predicted molar refractivity (Wildman–Crippen MR) is 68.9 cm³/mol. The van der Waals surface area contributed by atoms with Gasteiger partial charge in [0.15, 0.2) is 0 Å². The van der Waals surface area contributed by atoms with Crippen molar-refractivity contribution in [2.75, 3.05) is 24.3 Å². The molecule has 0 unspecified atom stereocenters. The van der Waals surface area contributed by atoms with Crippen LogP contribution in [-0.2, 0) is 6.54 Å². The molecule has 84 valence electrons. The van der Waals surface area contributed by atoms with Crippen molar-refractivity contribution >= 4 is 11.5 Å². The zero-order valence-electron chi connectivity index (χ0n) is 9.70. The molecule has 0 bridgehead atoms. The number of nitrogens with one attached hydrogen (secondary N) is 2. The zero-order valence-corrected chi connectivity index (χ0v) is 9.70. The summed E-state index contributed by atoms with van der Waals surface area (Å²) in [4.78, 5) is 5.39. The Bertz CT molecular complexity index is 434. The van der Waals surface area contributed by atoms with Crippen LogP contribution in [0.2, 0.25) is 0 Å². The Kier molecular flexibility index (Phi) is 3.15. The zero-order chi connectivity index (χ0) is 11.4. The average Bonchev–Trinajstić information content (AvgIpc) is 2.83. The lowest BCUT2D eigenvalue weighted by atomic mass is 10.2. The number of benzene rings is 1. The van der Waals surface area contributed by atoms with E-state index in [1.165, 1.54) is 5.56 Å². The van der Waals surface area contributed by atoms with Gasteiger partial charge in [0.25, 0.3) is 0 Å². The van der Waals surface area contributed by atoms with Gasteiger partial charge < -0.3 is 15.2 Å². The molecule has 3 nitrogen and oxygen atoms in total. The molecule has 0 aliphatic carbocycles. The van der Waals surface area contributed by atoms with E-state index in [4.69, 9.17) is 0 Å². The van der Waals surface area contributed by atoms with Gasteiger partial charge in [0.2, 0.25) is 0 Å². The second kappa shape index (κ2) is 4.75. The van der Waals surface area contributed by atoms with Crippen LogP contribution in [0, 0.1) is 0 Å². The summed E-state index contributed by atoms with van der Waals surface area (Å²) >= 11 is 0. The summed E-state index contributed by atoms with van der Waals surface area (Å²) < 4.78 is 0. The predicted octanol–water partition coefficient (Wildman–Crippen LogP) is 2.69. The minimum Gasteiger partial charge on any atom is -0.388 e. The van der Waals surface area contributed by atoms with Crippen molar-refractivity contribution in [2.45, 2.75) is 6.54 Å². The molecule has 0 fully saturated rings. The molecule has 0 saturated heterocycles. The van der Waals surface area contributed by atoms with Crippen molar-refractivity contribution in [3.8, 4) is 0 Å². The van der Waals surface area contributed by atoms with E-state index >= 15 is 0 Å². The molecular formula is C13H17N3. The fourth-order valence-corrected chi connectivity index (χ4v) is 1.74. The number of nitrogens with zero attached hydrogens (tertiary/aromatic N) is 1. The number of H-pyrrole nitrogens is 1. The van der Waals surface area contributed by atoms with E-state index in [2.05, 4.69) is 52.6 Å². The molecule has 0 saturated carbocycles. The molecule has 3 heteroatoms. The van der Waals surface area contributed by atoms with Crippen molar-refractivity contribution in [3.05, 3.63) is 48.2 Å². The van der Waals surface area contributed by atoms with Crippen LogP contribution >= 0.6 is 0 Å². The fraction of sp³-hybridized carbons (Fsp3) is 0.231. The Labute approximate surface area is 96.1 Å². The molecule has 0 radical (unpaired) electrons. The van der Waals surface area contributed by atoms with Crippen LogP contribution in [0.1, 0.15) is 5.56 Å². The van der Waals surface area contributed by atoms with E-state index in [0.29, 0.717) is 0 Å². The maximum absolute atomic E-state index is 3.20. The van der Waals surface area contributed by atoms with Gasteiger partial charge in [-0.15, -0.1) is 0 Å². The van der Waals surface area contributed by atoms with Crippen molar-refractivity contribution < 1.29 is 0 Å². The van der Waals surface area contributed by atoms with Gasteiger partial charge in [0.05, 0.1) is 0 Å². The lowest BCUT2D eigenvalue weighted by Gasteiger charge is -2.17. The monoisotopic (exact) mass is 215 g/mol. The number of hydrogen-bond donors (Lipinski definition) is 2. The molecule has 0 aliphatic heterocycles. The molecule has 1 aromatic heterocycles. The highest BCUT2D eigenvalue weighted by molar-refractivity contribution is 5.46. The Morgan fingerprint density at radius 3 is 2.81 bits per heavy atom. The van der Waals surface area contributed by atoms with Gasteiger partial charge in [-0.05, 0) is 29.8 Å². The van der Waals surface area contributed by atoms with Gasteiger partial charge in [-0.2, -0.15) is 0 Å². The maximum Gasteiger partial charge on any atom is 0.105 e. The molecule has 1 heterocycles. The highest BCUT2D eigenvalue weighted by Gasteiger charge is 2.02. The van der Waals surface area contributed by atoms with Crippen molar-refractivity contribution in [3.63, 3.8) is 0 Å². The van der Waals surface area contributed by atoms with Crippen LogP contribution in [0.3, 0.4) is 0 Å². The smallest absolute Gasteiger partial charge is 0.105 e. The SMILES string of the molecule is CNc1cccc(CN(C)c2ccc[nH]2)c1. The summed E-state index contributed by atoms with van der Waals surface area (Å²) in [5.74, 6) is 1.13. The van der Waals surface area contributed by atoms with E-state index in [9.17, 15) is 0 Å². The third-order valence-corrected chi connectivity index (χ3v) is 2.63. The van der Waals surface area contributed by atoms with Crippen molar-refractivity contribution in [2.24, 2.45) is 0 Å². The first-order valence-corrected chi connectivity index (χ1v) is 5.41. The normalized spacial score (nSPS) is 10.1. The van der Waals surface area contributed by atoms with Crippen LogP contribution in [0.15, 0.2) is 42.6 Å². The van der Waals surface area contributed by atoms with Crippen LogP contribution in [-0.4, -0.2) is 19.1 Å². The van der Waals surface area contributed by atoms with Gasteiger partial charge in [-0.25, -0.2) is 0 Å². The lowest BCUT2D eigenvalue weighted by molar-refractivity contribution is 0.905. The summed E-state index contributed by atoms with van der Waals surface area (Å²) in [6.45, 7) is 0.899. The molecule has 16 heavy (non-hydrogen) atoms. The van der Waals surface area contributed by atoms with Crippen LogP contribution in [0.4, 0.5) is 11.5 Å². The molecule has 1 aromatic carbocycles. The summed E-state index contributed by atoms with van der Waals surface area (Å²) in [6, 6.07) is 12.5. The number of aromatic nitrogens is 1. The topological polar surface area (TPSA) is 31.1 Å². The summed E-state index contributed by atoms with van der Waals surface area (Å²) in [5, 5.41) is 3.15. The molecule has 2 rings (SSSR count). The first-order chi connectivity index (χ1) is 7.79. The fourth-order valence-electron chi connectivity index (χ4n) is 1.74. The molecule has 2 N–H and O–H groups in total. The lowest BCUT2D eigenvalue weighted by Crippen LogP contribution is -2.16. The highest BCUT2D eigenvalue weighted by atomic mass is 15.2. The minimum atomic E-state index is 0.899. The first kappa shape index (κ1) is 10.6. The maximum atomic E-state index is 3.20. The van der Waals surface area contributed by atoms with Gasteiger partial charge in [0, 0.05) is 32.5 Å². The van der Waals surface area contributed by atoms with Crippen LogP contribution in [0.5, 0.6) is 0 Å². The average molecular weight is 215 g/mol. The molecule has 0 amide bonds. The Hall–Kier alpha value is -1.90. The van der Waals surface area contributed by atoms with Crippen LogP contribution in [0.25, 0.3) is 0 Å². The summed E-state index contributed by atoms with van der Waals surface area (Å²) in [5.41, 5.74) is 2.45. The van der Waals surface area contributed by atoms with Gasteiger partial charge in [-0.3, -0.25) is 0 Å². The molecule has 2 aromatic rings. The second-order valence-electron chi connectivity index (χ2n) is 3.86. The first-order valence-electron chi connectivity index (χ1n) is 5.41. The van der Waals surface area contributed by atoms with E-state index in [1.807, 2.05) is 19.3 Å². The van der Waals surface area contributed by atoms with E-state index < -0.39 is 0 Å². The quantitative estimate of drug-likeness (QED) is 0.821. The standard InChI is InChI=1S/C13H17N3/c1-14-12-6-3-5-11(9-12)10-16(2)13-7-4-8-15-13/h3-9,14-15H,10H2,1-2H3. The van der Waals surface area contributed by atoms with Gasteiger partial charge >= 0.3 is 0 Å². The van der Waals surface area contributed by atoms with E-state index in [0.717, 1.165) is 18.1 Å². The minimum absolute atomic E-state index is 0.899. The van der Waals surface area contributed by atoms with Gasteiger partial charge in [0.1, 0.15) is 5.82 Å². The summed E-state index contributed by atoms with van der Waals surface area (Å²) in [6.07, 6.45) is 1.94. The van der Waals surface area contributed by atoms with Gasteiger partial charge in [-0.1, -0.05) is 12.1 Å². The summed E-state index contributed by atoms with van der Waals surface area (Å²) in [7, 11) is 4.02. The largest absolute Gasteiger partial charge is 0.388 e. The Morgan fingerprint density at radius 2 is 2.12 bits per heavy atom. The third kappa shape index (κ3) is 2.37. The Balaban J connectivity index is 2.08. The van der Waals surface area contributed by atoms with E-state index in [-0.39, 0.29) is 0 Å². The highest BCUT2D eigenvalue weighted by Crippen LogP contribution is 2.15. The molecular weight excluding hydrogens is 198 g/mol. The van der Waals surface area contributed by atoms with Crippen molar-refractivity contribution in [1.82, 2.24) is 4.98 Å². The van der Waals surface area contributed by atoms with Crippen molar-refractivity contribution in [1.29, 1.82) is 0 Å². The van der Waals surface area contributed by atoms with Crippen LogP contribution < -0.4 is 10.2 Å². The number of rotatable bonds is 4. The number of hydrogen-bond acceptors (Lipinski definition) is 2. The number of aromatic amines is 1. The molecule has 0 spiro atoms. The van der Waals surface area contributed by atoms with E-state index in [1.54, 1.807) is 0 Å².